The first-order valence-corrected chi connectivity index (χ1v) is 12.6. The summed E-state index contributed by atoms with van der Waals surface area (Å²) >= 11 is 0. The molecule has 0 saturated carbocycles. The molecule has 2 aliphatic heterocycles. The van der Waals surface area contributed by atoms with Crippen molar-refractivity contribution in [1.82, 2.24) is 0 Å². The van der Waals surface area contributed by atoms with Gasteiger partial charge in [0.15, 0.2) is 28.3 Å². The van der Waals surface area contributed by atoms with E-state index in [1.807, 2.05) is 0 Å². The Labute approximate surface area is 234 Å². The van der Waals surface area contributed by atoms with Gasteiger partial charge in [0.1, 0.15) is 77.6 Å². The maximum Gasteiger partial charge on any atom is 0.200 e. The van der Waals surface area contributed by atoms with Crippen molar-refractivity contribution < 1.29 is 75.2 Å². The van der Waals surface area contributed by atoms with Gasteiger partial charge in [-0.25, -0.2) is 0 Å². The molecular weight excluding hydrogens is 568 g/mol. The van der Waals surface area contributed by atoms with Gasteiger partial charge in [-0.3, -0.25) is 4.79 Å². The van der Waals surface area contributed by atoms with E-state index in [9.17, 15) is 66.1 Å². The standard InChI is InChI=1S/C26H28O16/c27-4-12-18(34)21(37)23(39)26(42-12)14-19(35)13-7(28)3-11(6-1-8(29)16(32)9(30)2-6)41-24(13)15(20(14)36)25-22(38)17(33)10(31)5-40-25/h1-3,10,12,17-18,21-23,25-27,29-39H,4-5H2/t10-,12+,17-,18+,21-,22+,23+,25-,26-/m0/s1. The lowest BCUT2D eigenvalue weighted by Crippen LogP contribution is -2.55. The second kappa shape index (κ2) is 10.8. The van der Waals surface area contributed by atoms with Crippen LogP contribution in [0.5, 0.6) is 28.7 Å². The Balaban J connectivity index is 1.82. The fourth-order valence-corrected chi connectivity index (χ4v) is 5.23. The normalized spacial score (nSPS) is 31.8. The molecule has 228 valence electrons. The quantitative estimate of drug-likeness (QED) is 0.140. The first-order chi connectivity index (χ1) is 19.8. The van der Waals surface area contributed by atoms with Crippen molar-refractivity contribution in [3.05, 3.63) is 39.5 Å². The smallest absolute Gasteiger partial charge is 0.200 e. The molecule has 0 spiro atoms. The minimum absolute atomic E-state index is 0.162. The first-order valence-electron chi connectivity index (χ1n) is 12.6. The Hall–Kier alpha value is -3.71. The van der Waals surface area contributed by atoms with Gasteiger partial charge in [-0.15, -0.1) is 0 Å². The van der Waals surface area contributed by atoms with Crippen LogP contribution in [0.25, 0.3) is 22.3 Å². The van der Waals surface area contributed by atoms with Crippen molar-refractivity contribution >= 4 is 11.0 Å². The molecule has 3 heterocycles. The molecule has 2 saturated heterocycles. The summed E-state index contributed by atoms with van der Waals surface area (Å²) < 4.78 is 16.7. The summed E-state index contributed by atoms with van der Waals surface area (Å²) in [4.78, 5) is 13.4. The van der Waals surface area contributed by atoms with Gasteiger partial charge in [-0.1, -0.05) is 0 Å². The van der Waals surface area contributed by atoms with Crippen molar-refractivity contribution in [3.63, 3.8) is 0 Å². The molecule has 16 heteroatoms. The molecule has 16 nitrogen and oxygen atoms in total. The third-order valence-corrected chi connectivity index (χ3v) is 7.51. The summed E-state index contributed by atoms with van der Waals surface area (Å²) in [6.07, 6.45) is -16.3. The summed E-state index contributed by atoms with van der Waals surface area (Å²) in [5, 5.41) is 123. The second-order valence-corrected chi connectivity index (χ2v) is 10.1. The molecule has 9 atom stereocenters. The van der Waals surface area contributed by atoms with Gasteiger partial charge in [0.25, 0.3) is 0 Å². The molecule has 0 radical (unpaired) electrons. The van der Waals surface area contributed by atoms with E-state index in [4.69, 9.17) is 13.9 Å². The molecule has 12 N–H and O–H groups in total. The Morgan fingerprint density at radius 3 is 1.95 bits per heavy atom. The molecule has 5 rings (SSSR count). The van der Waals surface area contributed by atoms with Crippen LogP contribution >= 0.6 is 0 Å². The third-order valence-electron chi connectivity index (χ3n) is 7.51. The van der Waals surface area contributed by atoms with Crippen molar-refractivity contribution in [3.8, 4) is 40.1 Å². The van der Waals surface area contributed by atoms with Crippen LogP contribution in [0.2, 0.25) is 0 Å². The lowest BCUT2D eigenvalue weighted by molar-refractivity contribution is -0.232. The van der Waals surface area contributed by atoms with Crippen LogP contribution in [0.4, 0.5) is 0 Å². The third kappa shape index (κ3) is 4.58. The van der Waals surface area contributed by atoms with Crippen molar-refractivity contribution in [2.45, 2.75) is 54.9 Å². The Morgan fingerprint density at radius 1 is 0.714 bits per heavy atom. The van der Waals surface area contributed by atoms with Crippen LogP contribution < -0.4 is 5.43 Å². The molecule has 3 aromatic rings. The maximum absolute atomic E-state index is 13.4. The fraction of sp³-hybridized carbons (Fsp3) is 0.423. The number of phenolic OH excluding ortho intramolecular Hbond substituents is 5. The lowest BCUT2D eigenvalue weighted by atomic mass is 9.85. The highest BCUT2D eigenvalue weighted by molar-refractivity contribution is 5.92. The van der Waals surface area contributed by atoms with Gasteiger partial charge in [0.2, 0.25) is 0 Å². The SMILES string of the molecule is O=c1cc(-c2cc(O)c(O)c(O)c2)oc2c([C@@H]3OC[C@H](O)[C@H](O)[C@H]3O)c(O)c([C@@H]3O[C@H](CO)[C@@H](O)[C@H](O)[C@H]3O)c(O)c12. The van der Waals surface area contributed by atoms with Gasteiger partial charge in [-0.05, 0) is 12.1 Å². The monoisotopic (exact) mass is 596 g/mol. The van der Waals surface area contributed by atoms with Crippen LogP contribution in [-0.4, -0.2) is 117 Å². The van der Waals surface area contributed by atoms with Crippen molar-refractivity contribution in [2.75, 3.05) is 13.2 Å². The predicted molar refractivity (Wildman–Crippen MR) is 136 cm³/mol. The first kappa shape index (κ1) is 29.8. The number of benzene rings is 2. The number of fused-ring (bicyclic) bond motifs is 1. The highest BCUT2D eigenvalue weighted by Gasteiger charge is 2.48. The Bertz CT molecular complexity index is 1540. The number of hydrogen-bond donors (Lipinski definition) is 12. The Kier molecular flexibility index (Phi) is 7.69. The van der Waals surface area contributed by atoms with E-state index in [0.29, 0.717) is 0 Å². The van der Waals surface area contributed by atoms with E-state index >= 15 is 0 Å². The summed E-state index contributed by atoms with van der Waals surface area (Å²) in [5.74, 6) is -4.88. The molecule has 0 aliphatic carbocycles. The molecule has 2 fully saturated rings. The van der Waals surface area contributed by atoms with Crippen molar-refractivity contribution in [2.24, 2.45) is 0 Å². The summed E-state index contributed by atoms with van der Waals surface area (Å²) in [7, 11) is 0. The van der Waals surface area contributed by atoms with Gasteiger partial charge in [0, 0.05) is 11.6 Å². The number of aliphatic hydroxyl groups is 7. The highest BCUT2D eigenvalue weighted by Crippen LogP contribution is 2.50. The molecule has 0 bridgehead atoms. The minimum Gasteiger partial charge on any atom is -0.507 e. The zero-order chi connectivity index (χ0) is 30.8. The van der Waals surface area contributed by atoms with E-state index < -0.39 is 124 Å². The largest absolute Gasteiger partial charge is 0.507 e. The molecule has 42 heavy (non-hydrogen) atoms. The number of hydrogen-bond acceptors (Lipinski definition) is 16. The zero-order valence-corrected chi connectivity index (χ0v) is 21.3. The zero-order valence-electron chi connectivity index (χ0n) is 21.3. The predicted octanol–water partition coefficient (Wildman–Crippen LogP) is -2.34. The fourth-order valence-electron chi connectivity index (χ4n) is 5.23. The van der Waals surface area contributed by atoms with Crippen LogP contribution in [0.3, 0.4) is 0 Å². The van der Waals surface area contributed by atoms with Gasteiger partial charge in [0.05, 0.1) is 24.3 Å². The summed E-state index contributed by atoms with van der Waals surface area (Å²) in [6, 6.07) is 2.65. The average molecular weight is 596 g/mol. The molecule has 2 aromatic carbocycles. The summed E-state index contributed by atoms with van der Waals surface area (Å²) in [5.41, 5.74) is -3.13. The number of aromatic hydroxyl groups is 5. The van der Waals surface area contributed by atoms with Crippen LogP contribution in [0, 0.1) is 0 Å². The van der Waals surface area contributed by atoms with E-state index in [1.54, 1.807) is 0 Å². The van der Waals surface area contributed by atoms with E-state index in [1.165, 1.54) is 0 Å². The van der Waals surface area contributed by atoms with Gasteiger partial charge >= 0.3 is 0 Å². The van der Waals surface area contributed by atoms with E-state index in [2.05, 4.69) is 0 Å². The van der Waals surface area contributed by atoms with Crippen LogP contribution in [-0.2, 0) is 9.47 Å². The maximum atomic E-state index is 13.4. The molecule has 0 unspecified atom stereocenters. The van der Waals surface area contributed by atoms with Gasteiger partial charge in [-0.2, -0.15) is 0 Å². The van der Waals surface area contributed by atoms with Crippen LogP contribution in [0.1, 0.15) is 23.3 Å². The van der Waals surface area contributed by atoms with Crippen molar-refractivity contribution in [1.29, 1.82) is 0 Å². The number of phenols is 5. The number of ether oxygens (including phenoxy) is 2. The summed E-state index contributed by atoms with van der Waals surface area (Å²) in [6.45, 7) is -1.44. The van der Waals surface area contributed by atoms with E-state index in [-0.39, 0.29) is 11.3 Å². The number of rotatable bonds is 4. The molecule has 0 amide bonds. The topological polar surface area (TPSA) is 291 Å². The van der Waals surface area contributed by atoms with Gasteiger partial charge < -0.3 is 75.2 Å². The highest BCUT2D eigenvalue weighted by atomic mass is 16.5. The molecule has 2 aliphatic rings. The van der Waals surface area contributed by atoms with E-state index in [0.717, 1.165) is 18.2 Å². The lowest BCUT2D eigenvalue weighted by Gasteiger charge is -2.41. The number of aliphatic hydroxyl groups excluding tert-OH is 7. The Morgan fingerprint density at radius 2 is 1.33 bits per heavy atom. The van der Waals surface area contributed by atoms with Crippen LogP contribution in [0.15, 0.2) is 27.4 Å². The molecule has 1 aromatic heterocycles. The minimum atomic E-state index is -2.04. The average Bonchev–Trinajstić information content (AvgIpc) is 2.95. The second-order valence-electron chi connectivity index (χ2n) is 10.1. The molecular formula is C26H28O16.